The molecule has 0 saturated carbocycles. The molecule has 0 aliphatic rings. The van der Waals surface area contributed by atoms with Gasteiger partial charge in [0.05, 0.1) is 17.0 Å². The number of benzene rings is 1. The smallest absolute Gasteiger partial charge is 0.312 e. The standard InChI is InChI=1S/C19H17FN2O3S2/c1-12(18(24)21-10-13-4-6-14(20)7-5-13)25-17(23)9-15-11-27-19(22-15)16-3-2-8-26-16/h2-8,11-12H,9-10H2,1H3,(H,21,24)/t12-/m0/s1. The molecule has 0 spiro atoms. The quantitative estimate of drug-likeness (QED) is 0.608. The Hall–Kier alpha value is -2.58. The second-order valence-corrected chi connectivity index (χ2v) is 7.58. The van der Waals surface area contributed by atoms with E-state index in [4.69, 9.17) is 4.74 Å². The van der Waals surface area contributed by atoms with Gasteiger partial charge in [-0.25, -0.2) is 9.37 Å². The van der Waals surface area contributed by atoms with E-state index >= 15 is 0 Å². The molecule has 1 atom stereocenters. The van der Waals surface area contributed by atoms with Gasteiger partial charge in [0, 0.05) is 11.9 Å². The minimum Gasteiger partial charge on any atom is -0.452 e. The Morgan fingerprint density at radius 1 is 1.22 bits per heavy atom. The fraction of sp³-hybridized carbons (Fsp3) is 0.211. The molecule has 0 unspecified atom stereocenters. The second-order valence-electron chi connectivity index (χ2n) is 5.77. The minimum absolute atomic E-state index is 0.0114. The second kappa shape index (κ2) is 8.88. The number of amides is 1. The lowest BCUT2D eigenvalue weighted by Gasteiger charge is -2.13. The van der Waals surface area contributed by atoms with Gasteiger partial charge in [0.1, 0.15) is 10.8 Å². The van der Waals surface area contributed by atoms with Crippen LogP contribution < -0.4 is 5.32 Å². The number of hydrogen-bond donors (Lipinski definition) is 1. The highest BCUT2D eigenvalue weighted by Crippen LogP contribution is 2.27. The summed E-state index contributed by atoms with van der Waals surface area (Å²) in [7, 11) is 0. The SMILES string of the molecule is C[C@H](OC(=O)Cc1csc(-c2cccs2)n1)C(=O)NCc1ccc(F)cc1. The van der Waals surface area contributed by atoms with E-state index in [0.29, 0.717) is 5.69 Å². The van der Waals surface area contributed by atoms with E-state index < -0.39 is 18.0 Å². The summed E-state index contributed by atoms with van der Waals surface area (Å²) >= 11 is 3.05. The minimum atomic E-state index is -0.923. The monoisotopic (exact) mass is 404 g/mol. The van der Waals surface area contributed by atoms with Gasteiger partial charge in [0.15, 0.2) is 6.10 Å². The van der Waals surface area contributed by atoms with Gasteiger partial charge in [-0.15, -0.1) is 22.7 Å². The molecule has 1 aromatic carbocycles. The zero-order valence-electron chi connectivity index (χ0n) is 14.5. The van der Waals surface area contributed by atoms with Crippen molar-refractivity contribution in [3.8, 4) is 9.88 Å². The summed E-state index contributed by atoms with van der Waals surface area (Å²) in [5.41, 5.74) is 1.37. The predicted molar refractivity (Wildman–Crippen MR) is 103 cm³/mol. The van der Waals surface area contributed by atoms with E-state index in [1.54, 1.807) is 23.5 Å². The van der Waals surface area contributed by atoms with Crippen LogP contribution in [0.5, 0.6) is 0 Å². The number of thiazole rings is 1. The summed E-state index contributed by atoms with van der Waals surface area (Å²) < 4.78 is 18.0. The Balaban J connectivity index is 1.46. The number of nitrogens with zero attached hydrogens (tertiary/aromatic N) is 1. The number of halogens is 1. The van der Waals surface area contributed by atoms with Gasteiger partial charge in [-0.1, -0.05) is 18.2 Å². The Morgan fingerprint density at radius 3 is 2.70 bits per heavy atom. The van der Waals surface area contributed by atoms with Crippen LogP contribution in [0.2, 0.25) is 0 Å². The molecule has 5 nitrogen and oxygen atoms in total. The van der Waals surface area contributed by atoms with Crippen LogP contribution in [-0.2, 0) is 27.3 Å². The zero-order valence-corrected chi connectivity index (χ0v) is 16.1. The Morgan fingerprint density at radius 2 is 2.00 bits per heavy atom. The van der Waals surface area contributed by atoms with Gasteiger partial charge in [-0.3, -0.25) is 9.59 Å². The molecule has 1 amide bonds. The molecule has 3 aromatic rings. The van der Waals surface area contributed by atoms with Gasteiger partial charge in [0.25, 0.3) is 5.91 Å². The maximum atomic E-state index is 12.9. The predicted octanol–water partition coefficient (Wildman–Crippen LogP) is 3.80. The van der Waals surface area contributed by atoms with Crippen molar-refractivity contribution in [2.75, 3.05) is 0 Å². The van der Waals surface area contributed by atoms with Crippen molar-refractivity contribution in [1.82, 2.24) is 10.3 Å². The van der Waals surface area contributed by atoms with Crippen molar-refractivity contribution in [3.05, 3.63) is 64.2 Å². The lowest BCUT2D eigenvalue weighted by molar-refractivity contribution is -0.154. The third-order valence-corrected chi connectivity index (χ3v) is 5.60. The number of carbonyl (C=O) groups excluding carboxylic acids is 2. The van der Waals surface area contributed by atoms with E-state index in [-0.39, 0.29) is 18.8 Å². The molecule has 0 bridgehead atoms. The molecular weight excluding hydrogens is 387 g/mol. The molecule has 1 N–H and O–H groups in total. The summed E-state index contributed by atoms with van der Waals surface area (Å²) in [4.78, 5) is 29.6. The van der Waals surface area contributed by atoms with Crippen LogP contribution in [0.15, 0.2) is 47.2 Å². The summed E-state index contributed by atoms with van der Waals surface area (Å²) in [6.07, 6.45) is -0.911. The van der Waals surface area contributed by atoms with Crippen LogP contribution in [0.3, 0.4) is 0 Å². The maximum absolute atomic E-state index is 12.9. The largest absolute Gasteiger partial charge is 0.452 e. The van der Waals surface area contributed by atoms with Crippen LogP contribution in [0.4, 0.5) is 4.39 Å². The van der Waals surface area contributed by atoms with Gasteiger partial charge < -0.3 is 10.1 Å². The number of nitrogens with one attached hydrogen (secondary N) is 1. The first-order chi connectivity index (χ1) is 13.0. The highest BCUT2D eigenvalue weighted by Gasteiger charge is 2.19. The van der Waals surface area contributed by atoms with Gasteiger partial charge in [0.2, 0.25) is 0 Å². The summed E-state index contributed by atoms with van der Waals surface area (Å²) in [5, 5.41) is 7.30. The van der Waals surface area contributed by atoms with Crippen molar-refractivity contribution in [1.29, 1.82) is 0 Å². The first-order valence-corrected chi connectivity index (χ1v) is 9.97. The molecule has 3 rings (SSSR count). The zero-order chi connectivity index (χ0) is 19.2. The molecule has 2 heterocycles. The lowest BCUT2D eigenvalue weighted by Crippen LogP contribution is -2.35. The number of carbonyl (C=O) groups is 2. The van der Waals surface area contributed by atoms with Crippen molar-refractivity contribution < 1.29 is 18.7 Å². The lowest BCUT2D eigenvalue weighted by atomic mass is 10.2. The maximum Gasteiger partial charge on any atom is 0.312 e. The molecule has 0 aliphatic heterocycles. The number of aromatic nitrogens is 1. The van der Waals surface area contributed by atoms with Gasteiger partial charge in [-0.05, 0) is 36.1 Å². The number of thiophene rings is 1. The van der Waals surface area contributed by atoms with Crippen LogP contribution >= 0.6 is 22.7 Å². The molecule has 0 aliphatic carbocycles. The summed E-state index contributed by atoms with van der Waals surface area (Å²) in [6, 6.07) is 9.73. The molecule has 27 heavy (non-hydrogen) atoms. The molecule has 2 aromatic heterocycles. The third kappa shape index (κ3) is 5.45. The number of ether oxygens (including phenoxy) is 1. The highest BCUT2D eigenvalue weighted by molar-refractivity contribution is 7.20. The average molecular weight is 404 g/mol. The van der Waals surface area contributed by atoms with Crippen LogP contribution in [-0.4, -0.2) is 23.0 Å². The average Bonchev–Trinajstić information content (AvgIpc) is 3.32. The van der Waals surface area contributed by atoms with Crippen LogP contribution in [0.25, 0.3) is 9.88 Å². The van der Waals surface area contributed by atoms with E-state index in [1.807, 2.05) is 22.9 Å². The molecule has 140 valence electrons. The van der Waals surface area contributed by atoms with Gasteiger partial charge in [-0.2, -0.15) is 0 Å². The van der Waals surface area contributed by atoms with Crippen LogP contribution in [0, 0.1) is 5.82 Å². The fourth-order valence-corrected chi connectivity index (χ4v) is 3.91. The Bertz CT molecular complexity index is 907. The normalized spacial score (nSPS) is 11.8. The van der Waals surface area contributed by atoms with E-state index in [2.05, 4.69) is 10.3 Å². The van der Waals surface area contributed by atoms with E-state index in [9.17, 15) is 14.0 Å². The summed E-state index contributed by atoms with van der Waals surface area (Å²) in [6.45, 7) is 1.74. The Labute approximate surface area is 163 Å². The van der Waals surface area contributed by atoms with Crippen LogP contribution in [0.1, 0.15) is 18.2 Å². The molecule has 0 radical (unpaired) electrons. The third-order valence-electron chi connectivity index (χ3n) is 3.67. The molecule has 0 fully saturated rings. The highest BCUT2D eigenvalue weighted by atomic mass is 32.1. The van der Waals surface area contributed by atoms with Crippen molar-refractivity contribution in [2.24, 2.45) is 0 Å². The van der Waals surface area contributed by atoms with E-state index in [1.165, 1.54) is 30.4 Å². The van der Waals surface area contributed by atoms with Crippen molar-refractivity contribution in [3.63, 3.8) is 0 Å². The summed E-state index contributed by atoms with van der Waals surface area (Å²) in [5.74, 6) is -1.26. The molecule has 8 heteroatoms. The topological polar surface area (TPSA) is 68.3 Å². The number of rotatable bonds is 7. The molecule has 0 saturated heterocycles. The van der Waals surface area contributed by atoms with Crippen molar-refractivity contribution in [2.45, 2.75) is 26.0 Å². The van der Waals surface area contributed by atoms with Gasteiger partial charge >= 0.3 is 5.97 Å². The number of esters is 1. The number of hydrogen-bond acceptors (Lipinski definition) is 6. The van der Waals surface area contributed by atoms with Crippen molar-refractivity contribution >= 4 is 34.6 Å². The molecular formula is C19H17FN2O3S2. The first-order valence-electron chi connectivity index (χ1n) is 8.21. The Kier molecular flexibility index (Phi) is 6.31. The van der Waals surface area contributed by atoms with E-state index in [0.717, 1.165) is 15.4 Å². The first kappa shape index (κ1) is 19.2. The fourth-order valence-electron chi connectivity index (χ4n) is 2.28.